The van der Waals surface area contributed by atoms with Crippen LogP contribution in [-0.4, -0.2) is 19.0 Å². The topological polar surface area (TPSA) is 32.3 Å². The maximum atomic E-state index is 12.7. The molecule has 3 aromatic carbocycles. The van der Waals surface area contributed by atoms with Crippen LogP contribution in [0.15, 0.2) is 78.9 Å². The van der Waals surface area contributed by atoms with E-state index >= 15 is 0 Å². The molecular formula is C27H30N2O. The second-order valence-corrected chi connectivity index (χ2v) is 8.40. The number of carbonyl (C=O) groups excluding carboxylic acids is 1. The Morgan fingerprint density at radius 1 is 0.867 bits per heavy atom. The smallest absolute Gasteiger partial charge is 0.251 e. The first-order valence-electron chi connectivity index (χ1n) is 10.9. The Morgan fingerprint density at radius 2 is 1.47 bits per heavy atom. The minimum atomic E-state index is -0.0452. The van der Waals surface area contributed by atoms with E-state index in [2.05, 4.69) is 53.5 Å². The van der Waals surface area contributed by atoms with Crippen molar-refractivity contribution in [2.24, 2.45) is 5.92 Å². The van der Waals surface area contributed by atoms with E-state index < -0.39 is 0 Å². The Labute approximate surface area is 179 Å². The first-order valence-corrected chi connectivity index (χ1v) is 10.9. The lowest BCUT2D eigenvalue weighted by molar-refractivity contribution is 0.0940. The van der Waals surface area contributed by atoms with Gasteiger partial charge in [-0.3, -0.25) is 4.79 Å². The highest BCUT2D eigenvalue weighted by atomic mass is 16.1. The van der Waals surface area contributed by atoms with E-state index in [1.807, 2.05) is 49.4 Å². The van der Waals surface area contributed by atoms with E-state index in [1.165, 1.54) is 18.5 Å². The van der Waals surface area contributed by atoms with E-state index in [1.54, 1.807) is 0 Å². The number of anilines is 1. The minimum Gasteiger partial charge on any atom is -0.372 e. The van der Waals surface area contributed by atoms with E-state index in [0.29, 0.717) is 5.56 Å². The molecule has 1 fully saturated rings. The lowest BCUT2D eigenvalue weighted by Gasteiger charge is -2.32. The van der Waals surface area contributed by atoms with Crippen molar-refractivity contribution in [2.75, 3.05) is 18.0 Å². The molecule has 30 heavy (non-hydrogen) atoms. The molecule has 3 nitrogen and oxygen atoms in total. The van der Waals surface area contributed by atoms with Gasteiger partial charge in [0.15, 0.2) is 0 Å². The third-order valence-corrected chi connectivity index (χ3v) is 6.14. The predicted molar refractivity (Wildman–Crippen MR) is 125 cm³/mol. The molecular weight excluding hydrogens is 368 g/mol. The van der Waals surface area contributed by atoms with Crippen molar-refractivity contribution < 1.29 is 4.79 Å². The zero-order valence-corrected chi connectivity index (χ0v) is 17.8. The fourth-order valence-corrected chi connectivity index (χ4v) is 4.05. The average molecular weight is 399 g/mol. The van der Waals surface area contributed by atoms with Gasteiger partial charge in [-0.2, -0.15) is 0 Å². The number of amides is 1. The zero-order chi connectivity index (χ0) is 20.9. The largest absolute Gasteiger partial charge is 0.372 e. The number of benzene rings is 3. The van der Waals surface area contributed by atoms with Gasteiger partial charge in [0.2, 0.25) is 0 Å². The molecule has 1 N–H and O–H groups in total. The molecule has 1 amide bonds. The van der Waals surface area contributed by atoms with Gasteiger partial charge in [-0.25, -0.2) is 0 Å². The fourth-order valence-electron chi connectivity index (χ4n) is 4.05. The molecule has 3 aromatic rings. The van der Waals surface area contributed by atoms with Crippen molar-refractivity contribution in [3.63, 3.8) is 0 Å². The van der Waals surface area contributed by atoms with Crippen molar-refractivity contribution in [2.45, 2.75) is 32.7 Å². The minimum absolute atomic E-state index is 0.0401. The zero-order valence-electron chi connectivity index (χ0n) is 17.8. The number of piperidine rings is 1. The number of nitrogens with zero attached hydrogens (tertiary/aromatic N) is 1. The van der Waals surface area contributed by atoms with Crippen molar-refractivity contribution in [3.8, 4) is 11.1 Å². The highest BCUT2D eigenvalue weighted by Gasteiger charge is 2.17. The molecule has 4 rings (SSSR count). The SMILES string of the molecule is CC1CCN(c2ccc([C@H](C)NC(=O)c3ccc(-c4ccccc4)cc3)cc2)CC1. The summed E-state index contributed by atoms with van der Waals surface area (Å²) in [4.78, 5) is 15.2. The molecule has 154 valence electrons. The van der Waals surface area contributed by atoms with Crippen LogP contribution < -0.4 is 10.2 Å². The van der Waals surface area contributed by atoms with Gasteiger partial charge >= 0.3 is 0 Å². The van der Waals surface area contributed by atoms with Gasteiger partial charge in [0.05, 0.1) is 6.04 Å². The third-order valence-electron chi connectivity index (χ3n) is 6.14. The van der Waals surface area contributed by atoms with Crippen LogP contribution >= 0.6 is 0 Å². The monoisotopic (exact) mass is 398 g/mol. The van der Waals surface area contributed by atoms with Gasteiger partial charge in [0.1, 0.15) is 0 Å². The molecule has 1 aliphatic rings. The summed E-state index contributed by atoms with van der Waals surface area (Å²) in [6, 6.07) is 26.6. The van der Waals surface area contributed by atoms with Crippen LogP contribution in [0.5, 0.6) is 0 Å². The first kappa shape index (κ1) is 20.2. The summed E-state index contributed by atoms with van der Waals surface area (Å²) in [6.07, 6.45) is 2.52. The highest BCUT2D eigenvalue weighted by Crippen LogP contribution is 2.25. The molecule has 1 atom stereocenters. The van der Waals surface area contributed by atoms with Gasteiger partial charge < -0.3 is 10.2 Å². The van der Waals surface area contributed by atoms with E-state index in [0.717, 1.165) is 35.7 Å². The number of rotatable bonds is 5. The van der Waals surface area contributed by atoms with Gasteiger partial charge in [-0.1, -0.05) is 61.5 Å². The van der Waals surface area contributed by atoms with Crippen LogP contribution in [0, 0.1) is 5.92 Å². The molecule has 0 unspecified atom stereocenters. The van der Waals surface area contributed by atoms with Crippen molar-refractivity contribution in [1.82, 2.24) is 5.32 Å². The molecule has 0 aliphatic carbocycles. The number of carbonyl (C=O) groups is 1. The lowest BCUT2D eigenvalue weighted by atomic mass is 9.98. The Kier molecular flexibility index (Phi) is 6.18. The summed E-state index contributed by atoms with van der Waals surface area (Å²) in [6.45, 7) is 6.63. The molecule has 1 heterocycles. The van der Waals surface area contributed by atoms with E-state index in [-0.39, 0.29) is 11.9 Å². The molecule has 1 saturated heterocycles. The summed E-state index contributed by atoms with van der Waals surface area (Å²) in [5.74, 6) is 0.786. The maximum absolute atomic E-state index is 12.7. The third kappa shape index (κ3) is 4.73. The Balaban J connectivity index is 1.37. The second-order valence-electron chi connectivity index (χ2n) is 8.40. The van der Waals surface area contributed by atoms with Gasteiger partial charge in [-0.15, -0.1) is 0 Å². The second kappa shape index (κ2) is 9.17. The van der Waals surface area contributed by atoms with Gasteiger partial charge in [0.25, 0.3) is 5.91 Å². The number of hydrogen-bond acceptors (Lipinski definition) is 2. The fraction of sp³-hybridized carbons (Fsp3) is 0.296. The van der Waals surface area contributed by atoms with E-state index in [4.69, 9.17) is 0 Å². The van der Waals surface area contributed by atoms with Crippen molar-refractivity contribution in [1.29, 1.82) is 0 Å². The molecule has 0 saturated carbocycles. The first-order chi connectivity index (χ1) is 14.6. The van der Waals surface area contributed by atoms with E-state index in [9.17, 15) is 4.79 Å². The van der Waals surface area contributed by atoms with Crippen LogP contribution in [0.25, 0.3) is 11.1 Å². The maximum Gasteiger partial charge on any atom is 0.251 e. The van der Waals surface area contributed by atoms with Crippen LogP contribution in [0.3, 0.4) is 0 Å². The highest BCUT2D eigenvalue weighted by molar-refractivity contribution is 5.95. The summed E-state index contributed by atoms with van der Waals surface area (Å²) in [7, 11) is 0. The quantitative estimate of drug-likeness (QED) is 0.565. The Morgan fingerprint density at radius 3 is 2.10 bits per heavy atom. The van der Waals surface area contributed by atoms with Crippen LogP contribution in [0.4, 0.5) is 5.69 Å². The average Bonchev–Trinajstić information content (AvgIpc) is 2.80. The van der Waals surface area contributed by atoms with Crippen LogP contribution in [-0.2, 0) is 0 Å². The van der Waals surface area contributed by atoms with Gasteiger partial charge in [0, 0.05) is 24.3 Å². The molecule has 3 heteroatoms. The normalized spacial score (nSPS) is 15.6. The Hall–Kier alpha value is -3.07. The summed E-state index contributed by atoms with van der Waals surface area (Å²) < 4.78 is 0. The summed E-state index contributed by atoms with van der Waals surface area (Å²) in [5, 5.41) is 3.12. The predicted octanol–water partition coefficient (Wildman–Crippen LogP) is 6.08. The molecule has 0 radical (unpaired) electrons. The molecule has 0 bridgehead atoms. The summed E-state index contributed by atoms with van der Waals surface area (Å²) >= 11 is 0. The Bertz CT molecular complexity index is 956. The number of hydrogen-bond donors (Lipinski definition) is 1. The van der Waals surface area contributed by atoms with Gasteiger partial charge in [-0.05, 0) is 66.6 Å². The van der Waals surface area contributed by atoms with Crippen LogP contribution in [0.2, 0.25) is 0 Å². The van der Waals surface area contributed by atoms with Crippen molar-refractivity contribution >= 4 is 11.6 Å². The number of nitrogens with one attached hydrogen (secondary N) is 1. The lowest BCUT2D eigenvalue weighted by Crippen LogP contribution is -2.32. The molecule has 0 aromatic heterocycles. The van der Waals surface area contributed by atoms with Crippen molar-refractivity contribution in [3.05, 3.63) is 90.0 Å². The standard InChI is InChI=1S/C27H30N2O/c1-20-16-18-29(19-17-20)26-14-12-22(13-15-26)21(2)28-27(30)25-10-8-24(9-11-25)23-6-4-3-5-7-23/h3-15,20-21H,16-19H2,1-2H3,(H,28,30)/t21-/m0/s1. The molecule has 0 spiro atoms. The molecule has 1 aliphatic heterocycles. The van der Waals surface area contributed by atoms with Crippen LogP contribution in [0.1, 0.15) is 48.7 Å². The summed E-state index contributed by atoms with van der Waals surface area (Å²) in [5.41, 5.74) is 5.35.